The number of amides is 1. The summed E-state index contributed by atoms with van der Waals surface area (Å²) >= 11 is 5.83. The fourth-order valence-electron chi connectivity index (χ4n) is 0.856. The van der Waals surface area contributed by atoms with E-state index in [-0.39, 0.29) is 0 Å². The Morgan fingerprint density at radius 3 is 2.86 bits per heavy atom. The van der Waals surface area contributed by atoms with Crippen molar-refractivity contribution in [3.05, 3.63) is 28.8 Å². The molecule has 0 atom stereocenters. The van der Waals surface area contributed by atoms with E-state index in [1.165, 1.54) is 7.11 Å². The van der Waals surface area contributed by atoms with Gasteiger partial charge < -0.3 is 10.5 Å². The van der Waals surface area contributed by atoms with Gasteiger partial charge in [0.2, 0.25) is 0 Å². The van der Waals surface area contributed by atoms with Crippen LogP contribution in [0.2, 0.25) is 5.02 Å². The first-order valence-electron chi connectivity index (χ1n) is 3.78. The molecule has 72 valence electrons. The molecule has 1 aromatic rings. The summed E-state index contributed by atoms with van der Waals surface area (Å²) in [6.45, 7) is 0. The highest BCUT2D eigenvalue weighted by Crippen LogP contribution is 2.20. The van der Waals surface area contributed by atoms with Crippen LogP contribution < -0.4 is 10.5 Å². The Hall–Kier alpha value is -1.66. The minimum absolute atomic E-state index is 0.458. The summed E-state index contributed by atoms with van der Waals surface area (Å²) in [4.78, 5) is 10.4. The van der Waals surface area contributed by atoms with Gasteiger partial charge in [0, 0.05) is 11.5 Å². The average Bonchev–Trinajstić information content (AvgIpc) is 2.16. The lowest BCUT2D eigenvalue weighted by molar-refractivity contribution is -0.112. The molecule has 0 bridgehead atoms. The molecule has 0 unspecified atom stereocenters. The van der Waals surface area contributed by atoms with Crippen molar-refractivity contribution in [2.24, 2.45) is 5.73 Å². The number of rotatable bonds is 1. The zero-order valence-electron chi connectivity index (χ0n) is 7.50. The molecule has 0 saturated carbocycles. The maximum absolute atomic E-state index is 10.4. The van der Waals surface area contributed by atoms with Crippen LogP contribution in [-0.2, 0) is 4.79 Å². The van der Waals surface area contributed by atoms with E-state index in [1.54, 1.807) is 18.2 Å². The monoisotopic (exact) mass is 209 g/mol. The molecule has 0 radical (unpaired) electrons. The standard InChI is InChI=1S/C10H8ClNO2/c1-14-8-3-4-9(11)7(6-8)2-5-10(12)13/h3-4,6H,1H3,(H2,12,13). The Kier molecular flexibility index (Phi) is 3.38. The molecule has 0 aliphatic carbocycles. The van der Waals surface area contributed by atoms with Gasteiger partial charge in [0.15, 0.2) is 0 Å². The Labute approximate surface area is 86.8 Å². The summed E-state index contributed by atoms with van der Waals surface area (Å²) < 4.78 is 4.97. The fraction of sp³-hybridized carbons (Fsp3) is 0.100. The third-order valence-corrected chi connectivity index (χ3v) is 1.82. The molecule has 2 N–H and O–H groups in total. The highest BCUT2D eigenvalue weighted by molar-refractivity contribution is 6.31. The number of primary amides is 1. The molecule has 0 heterocycles. The zero-order valence-corrected chi connectivity index (χ0v) is 8.26. The van der Waals surface area contributed by atoms with Crippen molar-refractivity contribution in [3.63, 3.8) is 0 Å². The van der Waals surface area contributed by atoms with Gasteiger partial charge >= 0.3 is 0 Å². The normalized spacial score (nSPS) is 8.71. The predicted molar refractivity (Wildman–Crippen MR) is 54.1 cm³/mol. The van der Waals surface area contributed by atoms with Crippen LogP contribution in [0.4, 0.5) is 0 Å². The summed E-state index contributed by atoms with van der Waals surface area (Å²) in [5.74, 6) is 4.69. The molecule has 0 saturated heterocycles. The zero-order chi connectivity index (χ0) is 10.6. The lowest BCUT2D eigenvalue weighted by Crippen LogP contribution is -2.06. The van der Waals surface area contributed by atoms with Gasteiger partial charge in [-0.15, -0.1) is 0 Å². The first kappa shape index (κ1) is 10.4. The van der Waals surface area contributed by atoms with Crippen LogP contribution >= 0.6 is 11.6 Å². The molecule has 1 amide bonds. The molecule has 1 rings (SSSR count). The van der Waals surface area contributed by atoms with Crippen LogP contribution in [0.1, 0.15) is 5.56 Å². The van der Waals surface area contributed by atoms with Gasteiger partial charge in [0.25, 0.3) is 5.91 Å². The van der Waals surface area contributed by atoms with Crippen LogP contribution in [0.15, 0.2) is 18.2 Å². The second-order valence-corrected chi connectivity index (χ2v) is 2.87. The number of hydrogen-bond acceptors (Lipinski definition) is 2. The Balaban J connectivity index is 3.08. The smallest absolute Gasteiger partial charge is 0.293 e. The number of methoxy groups -OCH3 is 1. The van der Waals surface area contributed by atoms with Crippen molar-refractivity contribution in [2.45, 2.75) is 0 Å². The molecule has 0 spiro atoms. The van der Waals surface area contributed by atoms with Crippen molar-refractivity contribution in [2.75, 3.05) is 7.11 Å². The largest absolute Gasteiger partial charge is 0.497 e. The second kappa shape index (κ2) is 4.54. The molecule has 1 aromatic carbocycles. The third-order valence-electron chi connectivity index (χ3n) is 1.49. The van der Waals surface area contributed by atoms with Gasteiger partial charge in [0.05, 0.1) is 12.1 Å². The summed E-state index contributed by atoms with van der Waals surface area (Å²) in [5.41, 5.74) is 5.39. The van der Waals surface area contributed by atoms with Gasteiger partial charge in [-0.25, -0.2) is 0 Å². The number of carbonyl (C=O) groups excluding carboxylic acids is 1. The minimum Gasteiger partial charge on any atom is -0.497 e. The summed E-state index contributed by atoms with van der Waals surface area (Å²) in [6.07, 6.45) is 0. The van der Waals surface area contributed by atoms with Gasteiger partial charge in [-0.3, -0.25) is 4.79 Å². The Morgan fingerprint density at radius 1 is 1.57 bits per heavy atom. The Bertz CT molecular complexity index is 418. The van der Waals surface area contributed by atoms with Crippen LogP contribution in [0.25, 0.3) is 0 Å². The van der Waals surface area contributed by atoms with E-state index >= 15 is 0 Å². The van der Waals surface area contributed by atoms with E-state index < -0.39 is 5.91 Å². The van der Waals surface area contributed by atoms with Gasteiger partial charge in [-0.1, -0.05) is 17.5 Å². The molecular formula is C10H8ClNO2. The van der Waals surface area contributed by atoms with E-state index in [0.29, 0.717) is 16.3 Å². The fourth-order valence-corrected chi connectivity index (χ4v) is 1.02. The summed E-state index contributed by atoms with van der Waals surface area (Å²) in [5, 5.41) is 0.458. The van der Waals surface area contributed by atoms with Crippen LogP contribution in [0.5, 0.6) is 5.75 Å². The molecule has 0 aromatic heterocycles. The van der Waals surface area contributed by atoms with E-state index in [9.17, 15) is 4.79 Å². The van der Waals surface area contributed by atoms with Crippen LogP contribution in [0.3, 0.4) is 0 Å². The molecule has 0 aliphatic rings. The van der Waals surface area contributed by atoms with E-state index in [0.717, 1.165) is 0 Å². The molecule has 0 fully saturated rings. The summed E-state index contributed by atoms with van der Waals surface area (Å²) in [7, 11) is 1.54. The SMILES string of the molecule is COc1ccc(Cl)c(C#CC(N)=O)c1. The average molecular weight is 210 g/mol. The van der Waals surface area contributed by atoms with Crippen molar-refractivity contribution >= 4 is 17.5 Å². The van der Waals surface area contributed by atoms with Gasteiger partial charge in [0.1, 0.15) is 5.75 Å². The highest BCUT2D eigenvalue weighted by Gasteiger charge is 1.99. The van der Waals surface area contributed by atoms with Crippen LogP contribution in [0, 0.1) is 11.8 Å². The number of hydrogen-bond donors (Lipinski definition) is 1. The van der Waals surface area contributed by atoms with Gasteiger partial charge in [-0.2, -0.15) is 0 Å². The number of nitrogens with two attached hydrogens (primary N) is 1. The predicted octanol–water partition coefficient (Wildman–Crippen LogP) is 1.19. The highest BCUT2D eigenvalue weighted by atomic mass is 35.5. The third kappa shape index (κ3) is 2.68. The maximum Gasteiger partial charge on any atom is 0.293 e. The minimum atomic E-state index is -0.691. The van der Waals surface area contributed by atoms with Crippen molar-refractivity contribution in [3.8, 4) is 17.6 Å². The molecule has 0 aliphatic heterocycles. The van der Waals surface area contributed by atoms with Crippen molar-refractivity contribution in [1.82, 2.24) is 0 Å². The second-order valence-electron chi connectivity index (χ2n) is 2.46. The first-order chi connectivity index (χ1) is 6.63. The first-order valence-corrected chi connectivity index (χ1v) is 4.16. The lowest BCUT2D eigenvalue weighted by atomic mass is 10.2. The van der Waals surface area contributed by atoms with E-state index in [2.05, 4.69) is 11.8 Å². The molecule has 14 heavy (non-hydrogen) atoms. The topological polar surface area (TPSA) is 52.3 Å². The molecule has 3 nitrogen and oxygen atoms in total. The van der Waals surface area contributed by atoms with Crippen molar-refractivity contribution < 1.29 is 9.53 Å². The number of halogens is 1. The number of carbonyl (C=O) groups is 1. The molecule has 4 heteroatoms. The molecular weight excluding hydrogens is 202 g/mol. The number of benzene rings is 1. The van der Waals surface area contributed by atoms with E-state index in [1.807, 2.05) is 0 Å². The van der Waals surface area contributed by atoms with Gasteiger partial charge in [-0.05, 0) is 18.2 Å². The Morgan fingerprint density at radius 2 is 2.29 bits per heavy atom. The quantitative estimate of drug-likeness (QED) is 0.707. The van der Waals surface area contributed by atoms with Crippen LogP contribution in [-0.4, -0.2) is 13.0 Å². The van der Waals surface area contributed by atoms with E-state index in [4.69, 9.17) is 22.1 Å². The van der Waals surface area contributed by atoms with Crippen molar-refractivity contribution in [1.29, 1.82) is 0 Å². The lowest BCUT2D eigenvalue weighted by Gasteiger charge is -2.00. The maximum atomic E-state index is 10.4. The summed E-state index contributed by atoms with van der Waals surface area (Å²) in [6, 6.07) is 4.99. The number of ether oxygens (including phenoxy) is 1.